The Morgan fingerprint density at radius 1 is 1.25 bits per heavy atom. The van der Waals surface area contributed by atoms with Gasteiger partial charge in [0.25, 0.3) is 0 Å². The van der Waals surface area contributed by atoms with Gasteiger partial charge in [0.1, 0.15) is 0 Å². The van der Waals surface area contributed by atoms with E-state index in [2.05, 4.69) is 28.6 Å². The highest BCUT2D eigenvalue weighted by atomic mass is 32.1. The fraction of sp³-hybridized carbons (Fsp3) is 0.786. The van der Waals surface area contributed by atoms with E-state index in [1.54, 1.807) is 0 Å². The van der Waals surface area contributed by atoms with Gasteiger partial charge in [-0.15, -0.1) is 11.3 Å². The number of ether oxygens (including phenoxy) is 2. The summed E-state index contributed by atoms with van der Waals surface area (Å²) in [7, 11) is 0. The van der Waals surface area contributed by atoms with Crippen LogP contribution in [0, 0.1) is 0 Å². The van der Waals surface area contributed by atoms with Crippen LogP contribution < -0.4 is 4.90 Å². The van der Waals surface area contributed by atoms with E-state index in [1.165, 1.54) is 4.88 Å². The third kappa shape index (κ3) is 3.49. The van der Waals surface area contributed by atoms with Crippen LogP contribution in [-0.2, 0) is 16.0 Å². The first kappa shape index (κ1) is 14.3. The molecule has 112 valence electrons. The third-order valence-electron chi connectivity index (χ3n) is 3.70. The molecule has 6 heteroatoms. The normalized spacial score (nSPS) is 28.8. The van der Waals surface area contributed by atoms with Crippen molar-refractivity contribution in [1.82, 2.24) is 9.88 Å². The lowest BCUT2D eigenvalue weighted by molar-refractivity contribution is -0.0702. The van der Waals surface area contributed by atoms with Gasteiger partial charge in [-0.2, -0.15) is 0 Å². The zero-order valence-electron chi connectivity index (χ0n) is 12.2. The smallest absolute Gasteiger partial charge is 0.185 e. The van der Waals surface area contributed by atoms with Crippen LogP contribution in [0.25, 0.3) is 0 Å². The molecule has 0 bridgehead atoms. The second-order valence-corrected chi connectivity index (χ2v) is 6.75. The molecule has 0 N–H and O–H groups in total. The van der Waals surface area contributed by atoms with E-state index in [1.807, 2.05) is 17.5 Å². The summed E-state index contributed by atoms with van der Waals surface area (Å²) in [6, 6.07) is 0. The summed E-state index contributed by atoms with van der Waals surface area (Å²) in [5.41, 5.74) is 0. The van der Waals surface area contributed by atoms with Crippen LogP contribution in [0.5, 0.6) is 0 Å². The fourth-order valence-corrected chi connectivity index (χ4v) is 3.91. The van der Waals surface area contributed by atoms with Crippen LogP contribution in [0.1, 0.15) is 18.7 Å². The summed E-state index contributed by atoms with van der Waals surface area (Å²) in [4.78, 5) is 10.7. The topological polar surface area (TPSA) is 37.8 Å². The maximum Gasteiger partial charge on any atom is 0.185 e. The molecule has 2 aliphatic heterocycles. The van der Waals surface area contributed by atoms with Crippen molar-refractivity contribution < 1.29 is 9.47 Å². The molecule has 20 heavy (non-hydrogen) atoms. The molecule has 2 fully saturated rings. The van der Waals surface area contributed by atoms with E-state index in [9.17, 15) is 0 Å². The molecule has 0 unspecified atom stereocenters. The van der Waals surface area contributed by atoms with Gasteiger partial charge in [-0.1, -0.05) is 0 Å². The van der Waals surface area contributed by atoms with Gasteiger partial charge in [0, 0.05) is 43.8 Å². The first-order valence-electron chi connectivity index (χ1n) is 7.36. The van der Waals surface area contributed by atoms with Crippen LogP contribution in [-0.4, -0.2) is 61.5 Å². The lowest BCUT2D eigenvalue weighted by Gasteiger charge is -2.34. The molecular weight excluding hydrogens is 274 g/mol. The molecule has 2 aliphatic rings. The average molecular weight is 297 g/mol. The Hall–Kier alpha value is -0.690. The second kappa shape index (κ2) is 6.39. The predicted octanol–water partition coefficient (Wildman–Crippen LogP) is 1.59. The number of nitrogens with zero attached hydrogens (tertiary/aromatic N) is 3. The molecule has 2 atom stereocenters. The van der Waals surface area contributed by atoms with Crippen molar-refractivity contribution in [2.24, 2.45) is 0 Å². The Morgan fingerprint density at radius 2 is 1.95 bits per heavy atom. The largest absolute Gasteiger partial charge is 0.378 e. The number of hydrogen-bond acceptors (Lipinski definition) is 6. The molecule has 0 radical (unpaired) electrons. The zero-order chi connectivity index (χ0) is 13.9. The number of thiazole rings is 1. The van der Waals surface area contributed by atoms with Crippen molar-refractivity contribution in [1.29, 1.82) is 0 Å². The minimum Gasteiger partial charge on any atom is -0.378 e. The molecular formula is C14H23N3O2S. The van der Waals surface area contributed by atoms with Gasteiger partial charge in [0.05, 0.1) is 25.4 Å². The van der Waals surface area contributed by atoms with Gasteiger partial charge in [-0.05, 0) is 13.8 Å². The highest BCUT2D eigenvalue weighted by Gasteiger charge is 2.23. The molecule has 3 rings (SSSR count). The van der Waals surface area contributed by atoms with Crippen LogP contribution in [0.2, 0.25) is 0 Å². The maximum absolute atomic E-state index is 5.78. The molecule has 0 spiro atoms. The van der Waals surface area contributed by atoms with E-state index in [0.717, 1.165) is 51.1 Å². The number of rotatable bonds is 3. The summed E-state index contributed by atoms with van der Waals surface area (Å²) < 4.78 is 11.2. The minimum atomic E-state index is 0.324. The highest BCUT2D eigenvalue weighted by Crippen LogP contribution is 2.25. The average Bonchev–Trinajstić information content (AvgIpc) is 2.87. The molecule has 0 aliphatic carbocycles. The molecule has 0 aromatic carbocycles. The van der Waals surface area contributed by atoms with Crippen LogP contribution in [0.3, 0.4) is 0 Å². The van der Waals surface area contributed by atoms with Crippen molar-refractivity contribution in [3.63, 3.8) is 0 Å². The van der Waals surface area contributed by atoms with Crippen LogP contribution >= 0.6 is 11.3 Å². The number of anilines is 1. The molecule has 1 aromatic rings. The van der Waals surface area contributed by atoms with E-state index >= 15 is 0 Å². The first-order valence-corrected chi connectivity index (χ1v) is 8.17. The fourth-order valence-electron chi connectivity index (χ4n) is 2.90. The van der Waals surface area contributed by atoms with E-state index < -0.39 is 0 Å². The highest BCUT2D eigenvalue weighted by molar-refractivity contribution is 7.15. The van der Waals surface area contributed by atoms with E-state index in [-0.39, 0.29) is 0 Å². The molecule has 2 saturated heterocycles. The lowest BCUT2D eigenvalue weighted by Crippen LogP contribution is -2.44. The van der Waals surface area contributed by atoms with E-state index in [0.29, 0.717) is 12.2 Å². The Balaban J connectivity index is 1.59. The summed E-state index contributed by atoms with van der Waals surface area (Å²) in [6.07, 6.45) is 2.68. The van der Waals surface area contributed by atoms with Gasteiger partial charge in [-0.25, -0.2) is 4.98 Å². The van der Waals surface area contributed by atoms with Gasteiger partial charge in [0.2, 0.25) is 0 Å². The molecule has 3 heterocycles. The molecule has 0 amide bonds. The Kier molecular flexibility index (Phi) is 4.55. The van der Waals surface area contributed by atoms with Crippen molar-refractivity contribution in [3.8, 4) is 0 Å². The van der Waals surface area contributed by atoms with Gasteiger partial charge >= 0.3 is 0 Å². The number of aromatic nitrogens is 1. The lowest BCUT2D eigenvalue weighted by atomic mass is 10.2. The quantitative estimate of drug-likeness (QED) is 0.847. The summed E-state index contributed by atoms with van der Waals surface area (Å²) in [5.74, 6) is 0. The minimum absolute atomic E-state index is 0.324. The third-order valence-corrected chi connectivity index (χ3v) is 4.74. The summed E-state index contributed by atoms with van der Waals surface area (Å²) in [6.45, 7) is 10.8. The Morgan fingerprint density at radius 3 is 2.65 bits per heavy atom. The van der Waals surface area contributed by atoms with Crippen molar-refractivity contribution in [3.05, 3.63) is 11.1 Å². The predicted molar refractivity (Wildman–Crippen MR) is 80.4 cm³/mol. The van der Waals surface area contributed by atoms with Crippen molar-refractivity contribution >= 4 is 16.5 Å². The summed E-state index contributed by atoms with van der Waals surface area (Å²) >= 11 is 1.81. The maximum atomic E-state index is 5.78. The van der Waals surface area contributed by atoms with Gasteiger partial charge in [-0.3, -0.25) is 4.90 Å². The number of hydrogen-bond donors (Lipinski definition) is 0. The van der Waals surface area contributed by atoms with E-state index in [4.69, 9.17) is 9.47 Å². The Bertz CT molecular complexity index is 424. The van der Waals surface area contributed by atoms with Gasteiger partial charge < -0.3 is 14.4 Å². The second-order valence-electron chi connectivity index (χ2n) is 5.66. The first-order chi connectivity index (χ1) is 9.70. The number of morpholine rings is 2. The SMILES string of the molecule is C[C@H]1CN(Cc2cnc(N3CCOCC3)s2)C[C@H](C)O1. The summed E-state index contributed by atoms with van der Waals surface area (Å²) in [5, 5.41) is 1.14. The monoisotopic (exact) mass is 297 g/mol. The van der Waals surface area contributed by atoms with Crippen molar-refractivity contribution in [2.75, 3.05) is 44.3 Å². The van der Waals surface area contributed by atoms with Gasteiger partial charge in [0.15, 0.2) is 5.13 Å². The molecule has 5 nitrogen and oxygen atoms in total. The molecule has 0 saturated carbocycles. The molecule has 1 aromatic heterocycles. The standard InChI is InChI=1S/C14H23N3O2S/c1-11-8-16(9-12(2)19-11)10-13-7-15-14(20-13)17-3-5-18-6-4-17/h7,11-12H,3-6,8-10H2,1-2H3/t11-,12-/m0/s1. The Labute approximate surface area is 124 Å². The zero-order valence-corrected chi connectivity index (χ0v) is 13.1. The van der Waals surface area contributed by atoms with Crippen LogP contribution in [0.4, 0.5) is 5.13 Å². The van der Waals surface area contributed by atoms with Crippen LogP contribution in [0.15, 0.2) is 6.20 Å². The van der Waals surface area contributed by atoms with Crippen molar-refractivity contribution in [2.45, 2.75) is 32.6 Å².